The van der Waals surface area contributed by atoms with Crippen LogP contribution in [-0.2, 0) is 0 Å². The molecule has 3 unspecified atom stereocenters. The van der Waals surface area contributed by atoms with Crippen molar-refractivity contribution in [1.29, 1.82) is 0 Å². The summed E-state index contributed by atoms with van der Waals surface area (Å²) in [4.78, 5) is 0. The predicted molar refractivity (Wildman–Crippen MR) is 79.2 cm³/mol. The van der Waals surface area contributed by atoms with Crippen molar-refractivity contribution in [1.82, 2.24) is 0 Å². The summed E-state index contributed by atoms with van der Waals surface area (Å²) in [6.45, 7) is 2.12. The molecule has 0 amide bonds. The average molecular weight is 307 g/mol. The predicted octanol–water partition coefficient (Wildman–Crippen LogP) is 4.14. The summed E-state index contributed by atoms with van der Waals surface area (Å²) in [5, 5.41) is 11.4. The van der Waals surface area contributed by atoms with Gasteiger partial charge in [-0.1, -0.05) is 18.5 Å². The lowest BCUT2D eigenvalue weighted by molar-refractivity contribution is 0.172. The highest BCUT2D eigenvalue weighted by atomic mass is 35.5. The first-order valence-corrected chi connectivity index (χ1v) is 8.47. The quantitative estimate of drug-likeness (QED) is 0.906. The van der Waals surface area contributed by atoms with E-state index in [-0.39, 0.29) is 11.1 Å². The Morgan fingerprint density at radius 2 is 2.17 bits per heavy atom. The van der Waals surface area contributed by atoms with E-state index in [0.29, 0.717) is 15.8 Å². The van der Waals surface area contributed by atoms with Crippen LogP contribution in [0.3, 0.4) is 0 Å². The van der Waals surface area contributed by atoms with Crippen LogP contribution < -0.4 is 0 Å². The standard InChI is InChI=1S/C13H16ClFOS2/c1-2-11-13(18-6-5-17-11)12(16)9-7-8(15)3-4-10(9)14/h3-4,7,11-13,16H,2,5-6H2,1H3. The first-order chi connectivity index (χ1) is 8.63. The summed E-state index contributed by atoms with van der Waals surface area (Å²) in [6, 6.07) is 4.18. The van der Waals surface area contributed by atoms with Crippen molar-refractivity contribution in [2.24, 2.45) is 0 Å². The SMILES string of the molecule is CCC1SCCSC1C(O)c1cc(F)ccc1Cl. The van der Waals surface area contributed by atoms with Crippen LogP contribution in [0.4, 0.5) is 4.39 Å². The van der Waals surface area contributed by atoms with Crippen LogP contribution in [0.1, 0.15) is 25.0 Å². The van der Waals surface area contributed by atoms with Crippen molar-refractivity contribution in [3.05, 3.63) is 34.6 Å². The molecule has 0 saturated carbocycles. The van der Waals surface area contributed by atoms with Crippen molar-refractivity contribution in [2.75, 3.05) is 11.5 Å². The van der Waals surface area contributed by atoms with Gasteiger partial charge in [0.25, 0.3) is 0 Å². The van der Waals surface area contributed by atoms with E-state index in [0.717, 1.165) is 17.9 Å². The molecule has 5 heteroatoms. The molecule has 2 rings (SSSR count). The second kappa shape index (κ2) is 6.51. The lowest BCUT2D eigenvalue weighted by atomic mass is 10.0. The van der Waals surface area contributed by atoms with Gasteiger partial charge < -0.3 is 5.11 Å². The maximum atomic E-state index is 13.3. The topological polar surface area (TPSA) is 20.2 Å². The minimum absolute atomic E-state index is 0.0908. The van der Waals surface area contributed by atoms with Crippen molar-refractivity contribution >= 4 is 35.1 Å². The van der Waals surface area contributed by atoms with Crippen molar-refractivity contribution in [2.45, 2.75) is 29.9 Å². The lowest BCUT2D eigenvalue weighted by Gasteiger charge is -2.33. The summed E-state index contributed by atoms with van der Waals surface area (Å²) in [5.41, 5.74) is 0.509. The maximum absolute atomic E-state index is 13.3. The minimum Gasteiger partial charge on any atom is -0.387 e. The number of benzene rings is 1. The van der Waals surface area contributed by atoms with Gasteiger partial charge in [-0.15, -0.1) is 0 Å². The third-order valence-electron chi connectivity index (χ3n) is 3.08. The fourth-order valence-corrected chi connectivity index (χ4v) is 5.50. The Morgan fingerprint density at radius 1 is 1.44 bits per heavy atom. The van der Waals surface area contributed by atoms with Gasteiger partial charge in [-0.3, -0.25) is 0 Å². The van der Waals surface area contributed by atoms with Gasteiger partial charge in [0.2, 0.25) is 0 Å². The molecule has 1 aromatic carbocycles. The van der Waals surface area contributed by atoms with Crippen LogP contribution in [0.25, 0.3) is 0 Å². The van der Waals surface area contributed by atoms with E-state index >= 15 is 0 Å². The van der Waals surface area contributed by atoms with E-state index in [1.807, 2.05) is 11.8 Å². The Morgan fingerprint density at radius 3 is 2.89 bits per heavy atom. The maximum Gasteiger partial charge on any atom is 0.123 e. The minimum atomic E-state index is -0.698. The van der Waals surface area contributed by atoms with Crippen LogP contribution in [0.2, 0.25) is 5.02 Å². The van der Waals surface area contributed by atoms with Gasteiger partial charge in [-0.2, -0.15) is 23.5 Å². The number of halogens is 2. The van der Waals surface area contributed by atoms with Gasteiger partial charge in [-0.25, -0.2) is 4.39 Å². The smallest absolute Gasteiger partial charge is 0.123 e. The molecule has 1 fully saturated rings. The second-order valence-corrected chi connectivity index (χ2v) is 7.30. The van der Waals surface area contributed by atoms with E-state index in [4.69, 9.17) is 11.6 Å². The summed E-state index contributed by atoms with van der Waals surface area (Å²) in [5.74, 6) is 1.79. The van der Waals surface area contributed by atoms with E-state index in [1.54, 1.807) is 11.8 Å². The number of hydrogen-bond acceptors (Lipinski definition) is 3. The highest BCUT2D eigenvalue weighted by molar-refractivity contribution is 8.07. The molecule has 0 spiro atoms. The molecule has 1 aliphatic rings. The molecule has 1 aliphatic heterocycles. The monoisotopic (exact) mass is 306 g/mol. The van der Waals surface area contributed by atoms with Gasteiger partial charge in [0.1, 0.15) is 5.82 Å². The Labute approximate surface area is 120 Å². The van der Waals surface area contributed by atoms with Crippen molar-refractivity contribution < 1.29 is 9.50 Å². The third kappa shape index (κ3) is 3.16. The molecule has 18 heavy (non-hydrogen) atoms. The van der Waals surface area contributed by atoms with E-state index in [1.165, 1.54) is 18.2 Å². The fourth-order valence-electron chi connectivity index (χ4n) is 2.15. The molecule has 1 N–H and O–H groups in total. The molecule has 0 bridgehead atoms. The molecular formula is C13H16ClFOS2. The normalized spacial score (nSPS) is 26.0. The van der Waals surface area contributed by atoms with E-state index < -0.39 is 6.10 Å². The first kappa shape index (κ1) is 14.5. The third-order valence-corrected chi connectivity index (χ3v) is 6.76. The largest absolute Gasteiger partial charge is 0.387 e. The molecule has 1 nitrogen and oxygen atoms in total. The van der Waals surface area contributed by atoms with Crippen LogP contribution in [0, 0.1) is 5.82 Å². The highest BCUT2D eigenvalue weighted by Gasteiger charge is 2.32. The van der Waals surface area contributed by atoms with Crippen LogP contribution >= 0.6 is 35.1 Å². The Hall–Kier alpha value is 0.1000. The van der Waals surface area contributed by atoms with Gasteiger partial charge >= 0.3 is 0 Å². The fraction of sp³-hybridized carbons (Fsp3) is 0.538. The summed E-state index contributed by atoms with van der Waals surface area (Å²) >= 11 is 9.71. The zero-order chi connectivity index (χ0) is 13.1. The molecule has 0 radical (unpaired) electrons. The lowest BCUT2D eigenvalue weighted by Crippen LogP contribution is -2.31. The molecule has 0 aliphatic carbocycles. The molecular weight excluding hydrogens is 291 g/mol. The van der Waals surface area contributed by atoms with Gasteiger partial charge in [0.15, 0.2) is 0 Å². The Balaban J connectivity index is 2.23. The van der Waals surface area contributed by atoms with Crippen molar-refractivity contribution in [3.63, 3.8) is 0 Å². The molecule has 1 saturated heterocycles. The molecule has 100 valence electrons. The number of thioether (sulfide) groups is 2. The number of hydrogen-bond donors (Lipinski definition) is 1. The first-order valence-electron chi connectivity index (χ1n) is 5.99. The summed E-state index contributed by atoms with van der Waals surface area (Å²) in [6.07, 6.45) is 0.308. The van der Waals surface area contributed by atoms with E-state index in [2.05, 4.69) is 6.92 Å². The molecule has 0 aromatic heterocycles. The molecule has 3 atom stereocenters. The second-order valence-electron chi connectivity index (χ2n) is 4.26. The number of aliphatic hydroxyl groups excluding tert-OH is 1. The molecule has 1 heterocycles. The number of aliphatic hydroxyl groups is 1. The highest BCUT2D eigenvalue weighted by Crippen LogP contribution is 2.41. The Bertz CT molecular complexity index is 416. The zero-order valence-corrected chi connectivity index (χ0v) is 12.5. The van der Waals surface area contributed by atoms with Crippen molar-refractivity contribution in [3.8, 4) is 0 Å². The van der Waals surface area contributed by atoms with Gasteiger partial charge in [0.05, 0.1) is 6.10 Å². The van der Waals surface area contributed by atoms with Crippen LogP contribution in [0.5, 0.6) is 0 Å². The van der Waals surface area contributed by atoms with Gasteiger partial charge in [0, 0.05) is 32.6 Å². The Kier molecular flexibility index (Phi) is 5.24. The van der Waals surface area contributed by atoms with E-state index in [9.17, 15) is 9.50 Å². The molecule has 1 aromatic rings. The summed E-state index contributed by atoms with van der Waals surface area (Å²) < 4.78 is 13.3. The van der Waals surface area contributed by atoms with Crippen LogP contribution in [0.15, 0.2) is 18.2 Å². The van der Waals surface area contributed by atoms with Gasteiger partial charge in [-0.05, 0) is 24.6 Å². The summed E-state index contributed by atoms with van der Waals surface area (Å²) in [7, 11) is 0. The number of rotatable bonds is 3. The zero-order valence-electron chi connectivity index (χ0n) is 10.1. The van der Waals surface area contributed by atoms with Crippen LogP contribution in [-0.4, -0.2) is 27.1 Å². The average Bonchev–Trinajstić information content (AvgIpc) is 2.40.